The van der Waals surface area contributed by atoms with Gasteiger partial charge in [-0.3, -0.25) is 28.8 Å². The zero-order valence-electron chi connectivity index (χ0n) is 81.0. The van der Waals surface area contributed by atoms with Gasteiger partial charge >= 0.3 is 0 Å². The molecule has 0 aromatic carbocycles. The summed E-state index contributed by atoms with van der Waals surface area (Å²) in [5.74, 6) is -5.87. The summed E-state index contributed by atoms with van der Waals surface area (Å²) in [7, 11) is 0. The lowest BCUT2D eigenvalue weighted by Gasteiger charge is -2.53. The summed E-state index contributed by atoms with van der Waals surface area (Å²) >= 11 is 0. The zero-order valence-corrected chi connectivity index (χ0v) is 81.0. The van der Waals surface area contributed by atoms with Gasteiger partial charge < -0.3 is 294 Å². The van der Waals surface area contributed by atoms with E-state index in [1.807, 2.05) is 0 Å². The Kier molecular flexibility index (Phi) is 43.8. The van der Waals surface area contributed by atoms with Crippen LogP contribution in [-0.2, 0) is 138 Å². The van der Waals surface area contributed by atoms with Crippen molar-refractivity contribution < 1.29 is 291 Å². The van der Waals surface area contributed by atoms with Gasteiger partial charge in [-0.25, -0.2) is 0 Å². The second-order valence-electron chi connectivity index (χ2n) is 38.1. The second-order valence-corrected chi connectivity index (χ2v) is 38.1. The van der Waals surface area contributed by atoms with Crippen LogP contribution in [0.15, 0.2) is 0 Å². The van der Waals surface area contributed by atoms with Gasteiger partial charge in [0, 0.05) is 41.5 Å². The maximum atomic E-state index is 14.0. The molecule has 36 N–H and O–H groups in total. The van der Waals surface area contributed by atoms with Crippen LogP contribution in [0.25, 0.3) is 0 Å². The first-order valence-electron chi connectivity index (χ1n) is 47.8. The number of aliphatic hydroxyl groups excluding tert-OH is 30. The summed E-state index contributed by atoms with van der Waals surface area (Å²) in [6.07, 6.45) is -118. The summed E-state index contributed by atoms with van der Waals surface area (Å²) in [6.45, 7) is -3.92. The van der Waals surface area contributed by atoms with Gasteiger partial charge in [-0.1, -0.05) is 0 Å². The zero-order chi connectivity index (χ0) is 110. The van der Waals surface area contributed by atoms with Crippen molar-refractivity contribution in [1.82, 2.24) is 31.9 Å². The first-order valence-corrected chi connectivity index (χ1v) is 47.8. The third-order valence-corrected chi connectivity index (χ3v) is 27.4. The standard InChI is InChI=1S/C84H140N6O59/c1-19-43(104)56(117)60(121)79(130-19)128-18-36-67(54(115)37(73(126)132-36)85-21(3)98)143-77-41(89-25(7)102)55(116)65(31(13-95)137-77)144-82-64(125)70(50(111)35(140-82)17-129-83-71(148-76-40(88-24(6)101)53(114)47(108)29(11-93)135-76)59(120)49(110)34(141-83)16-127-74-38(86-22(4)99)51(112)45(106)27(9-91)133-74)147-84-72(63(124)66(32(14-96)139-84)142-75-39(87-23(5)100)52(113)46(107)28(10-92)134-75)149-78-42(90-26(8)103)69(146-80-61(122)57(118)44(105)20(2)131-80)68(33(15-97)138-78)145-81-62(123)58(119)48(109)30(12-94)136-81/h19-20,27-84,91-97,104-126H,9-18H2,1-8H3,(H,85,98)(H,86,99)(H,87,100)(H,88,101)(H,89,102)(H,90,103)/t19-,20-,27+,28+,29+,30+,31+,32+,33+,34+,35+,36+,37+,38+,39+,40+,41+,42+,43+,44+,45+,46+,47+,48-,49+,50+,51+,52+,53+,54+,55+,56+,57+,58-,59-,60-,61-,62+,63-,64-,65+,66+,67+,68+,69+,70-,71-,72-,73-,74+,75-,76-,77-,78-,79+,80-,81-,82-,83-,84+/m0/s1. The fourth-order valence-corrected chi connectivity index (χ4v) is 19.4. The molecular weight excluding hydrogens is 2040 g/mol. The van der Waals surface area contributed by atoms with Gasteiger partial charge in [-0.15, -0.1) is 0 Å². The normalized spacial score (nSPS) is 49.0. The second kappa shape index (κ2) is 53.4. The quantitative estimate of drug-likeness (QED) is 0.0273. The van der Waals surface area contributed by atoms with Crippen molar-refractivity contribution in [2.45, 2.75) is 423 Å². The number of carbonyl (C=O) groups is 6. The molecule has 0 saturated carbocycles. The Balaban J connectivity index is 0.976. The van der Waals surface area contributed by atoms with E-state index in [1.165, 1.54) is 13.8 Å². The van der Waals surface area contributed by atoms with Crippen LogP contribution in [0.1, 0.15) is 55.4 Å². The fraction of sp³-hybridized carbons (Fsp3) is 0.929. The number of nitrogens with one attached hydrogen (secondary N) is 6. The first-order chi connectivity index (χ1) is 70.3. The Morgan fingerprint density at radius 1 is 0.188 bits per heavy atom. The van der Waals surface area contributed by atoms with Crippen LogP contribution in [-0.4, -0.2) is 623 Å². The fourth-order valence-electron chi connectivity index (χ4n) is 19.4. The minimum Gasteiger partial charge on any atom is -0.394 e. The molecule has 0 aliphatic carbocycles. The van der Waals surface area contributed by atoms with Gasteiger partial charge in [-0.2, -0.15) is 0 Å². The Bertz CT molecular complexity index is 4230. The Labute approximate surface area is 845 Å². The molecule has 0 bridgehead atoms. The lowest BCUT2D eigenvalue weighted by molar-refractivity contribution is -0.409. The molecule has 60 atom stereocenters. The Morgan fingerprint density at radius 3 is 0.913 bits per heavy atom. The number of aliphatic hydroxyl groups is 30. The van der Waals surface area contributed by atoms with Crippen molar-refractivity contribution in [2.75, 3.05) is 66.1 Å². The Morgan fingerprint density at radius 2 is 0.450 bits per heavy atom. The van der Waals surface area contributed by atoms with Crippen LogP contribution in [0.5, 0.6) is 0 Å². The van der Waals surface area contributed by atoms with E-state index in [9.17, 15) is 182 Å². The summed E-state index contributed by atoms with van der Waals surface area (Å²) in [4.78, 5) is 78.7. The highest BCUT2D eigenvalue weighted by molar-refractivity contribution is 5.75. The van der Waals surface area contributed by atoms with Crippen molar-refractivity contribution in [3.05, 3.63) is 0 Å². The average molecular weight is 2180 g/mol. The molecule has 12 aliphatic rings. The minimum absolute atomic E-state index is 0.848. The van der Waals surface area contributed by atoms with E-state index in [2.05, 4.69) is 31.9 Å². The van der Waals surface area contributed by atoms with Crippen LogP contribution >= 0.6 is 0 Å². The molecule has 12 fully saturated rings. The number of amides is 6. The van der Waals surface area contributed by atoms with Crippen molar-refractivity contribution in [3.63, 3.8) is 0 Å². The molecule has 65 nitrogen and oxygen atoms in total. The molecule has 12 saturated heterocycles. The topological polar surface area (TPSA) is 994 Å². The van der Waals surface area contributed by atoms with Crippen LogP contribution < -0.4 is 31.9 Å². The number of carbonyl (C=O) groups excluding carboxylic acids is 6. The highest BCUT2D eigenvalue weighted by Crippen LogP contribution is 2.43. The van der Waals surface area contributed by atoms with Crippen molar-refractivity contribution in [1.29, 1.82) is 0 Å². The lowest BCUT2D eigenvalue weighted by atomic mass is 9.93. The van der Waals surface area contributed by atoms with Gasteiger partial charge in [0.25, 0.3) is 0 Å². The highest BCUT2D eigenvalue weighted by Gasteiger charge is 2.64. The monoisotopic (exact) mass is 2180 g/mol. The van der Waals surface area contributed by atoms with Crippen LogP contribution in [0.4, 0.5) is 0 Å². The molecule has 0 spiro atoms. The van der Waals surface area contributed by atoms with Gasteiger partial charge in [0.2, 0.25) is 35.4 Å². The molecule has 860 valence electrons. The summed E-state index contributed by atoms with van der Waals surface area (Å²) in [6, 6.07) is -11.8. The van der Waals surface area contributed by atoms with Crippen molar-refractivity contribution >= 4 is 35.4 Å². The maximum absolute atomic E-state index is 14.0. The Hall–Kier alpha value is -5.30. The molecule has 0 unspecified atom stereocenters. The van der Waals surface area contributed by atoms with Gasteiger partial charge in [-0.05, 0) is 13.8 Å². The van der Waals surface area contributed by atoms with Gasteiger partial charge in [0.1, 0.15) is 280 Å². The summed E-state index contributed by atoms with van der Waals surface area (Å²) in [5, 5.41) is 358. The SMILES string of the molecule is CC(=O)N[C@@H]1[C@@H](O)[C@H](O[C@@H]2O[C@H](CO)[C@@H](O[C@@H]3O[C@H](CO[C@H]4O[C@H](CO[C@@H]5O[C@H](CO)[C@@H](O)[C@H](O)[C@H]5NC(C)=O)[C@@H](O)[C@H](O)[C@@H]4O[C@@H]4O[C@H](CO)[C@@H](O)[C@H](O)[C@H]4NC(C)=O)[C@@H](O)[C@H](O[C@H]4O[C@H](CO)[C@@H](O[C@@H]5O[C@H](CO)[C@@H](O)[C@H](O)[C@H]5NC(C)=O)[C@H](O)[C@@H]4O[C@@H]4O[C@H](CO)[C@@H](O[C@@H]5O[C@H](CO)[C@H](O)[C@H](O)[C@H]5O)[C@H](O[C@@H]5O[C@@H](C)[C@@H](O)[C@@H](O)[C@@H]5O)[C@H]4NC(C)=O)[C@@H]3O)[C@H](O)[C@H]2NC(C)=O)[C@@H](CO[C@@H]2O[C@@H](C)[C@@H](O)[C@@H](O)[C@@H]2O)O[C@@H]1O. The largest absolute Gasteiger partial charge is 0.394 e. The van der Waals surface area contributed by atoms with Crippen molar-refractivity contribution in [3.8, 4) is 0 Å². The van der Waals surface area contributed by atoms with E-state index in [4.69, 9.17) is 109 Å². The number of hydrogen-bond acceptors (Lipinski definition) is 59. The number of ether oxygens (including phenoxy) is 23. The molecule has 12 heterocycles. The lowest BCUT2D eigenvalue weighted by Crippen LogP contribution is -2.72. The molecule has 0 aromatic rings. The molecule has 0 radical (unpaired) electrons. The predicted octanol–water partition coefficient (Wildman–Crippen LogP) is -24.2. The highest BCUT2D eigenvalue weighted by atomic mass is 16.8. The molecule has 12 rings (SSSR count). The molecule has 149 heavy (non-hydrogen) atoms. The van der Waals surface area contributed by atoms with E-state index in [0.29, 0.717) is 0 Å². The smallest absolute Gasteiger partial charge is 0.217 e. The van der Waals surface area contributed by atoms with E-state index in [-0.39, 0.29) is 0 Å². The third-order valence-electron chi connectivity index (χ3n) is 27.4. The van der Waals surface area contributed by atoms with E-state index >= 15 is 0 Å². The number of rotatable bonds is 38. The predicted molar refractivity (Wildman–Crippen MR) is 462 cm³/mol. The van der Waals surface area contributed by atoms with Crippen LogP contribution in [0, 0.1) is 0 Å². The summed E-state index contributed by atoms with van der Waals surface area (Å²) in [5.41, 5.74) is 0. The first kappa shape index (κ1) is 122. The number of hydrogen-bond donors (Lipinski definition) is 36. The third kappa shape index (κ3) is 27.6. The minimum atomic E-state index is -2.84. The van der Waals surface area contributed by atoms with E-state index < -0.39 is 470 Å². The van der Waals surface area contributed by atoms with Gasteiger partial charge in [0.05, 0.1) is 78.3 Å². The van der Waals surface area contributed by atoms with E-state index in [0.717, 1.165) is 41.5 Å². The van der Waals surface area contributed by atoms with Crippen molar-refractivity contribution in [2.24, 2.45) is 0 Å². The van der Waals surface area contributed by atoms with Crippen LogP contribution in [0.2, 0.25) is 0 Å². The van der Waals surface area contributed by atoms with E-state index in [1.54, 1.807) is 0 Å². The molecule has 65 heteroatoms. The molecule has 0 aromatic heterocycles. The van der Waals surface area contributed by atoms with Crippen LogP contribution in [0.3, 0.4) is 0 Å². The molecule has 12 aliphatic heterocycles. The average Bonchev–Trinajstić information content (AvgIpc) is 0.749. The molecular formula is C84H140N6O59. The van der Waals surface area contributed by atoms with Gasteiger partial charge in [0.15, 0.2) is 75.5 Å². The molecule has 6 amide bonds. The maximum Gasteiger partial charge on any atom is 0.217 e. The summed E-state index contributed by atoms with van der Waals surface area (Å²) < 4.78 is 141.